The molecule has 0 bridgehead atoms. The van der Waals surface area contributed by atoms with E-state index in [9.17, 15) is 0 Å². The second kappa shape index (κ2) is 5.11. The largest absolute Gasteiger partial charge is 0.383 e. The van der Waals surface area contributed by atoms with Crippen LogP contribution in [-0.4, -0.2) is 42.1 Å². The molecule has 5 nitrogen and oxygen atoms in total. The highest BCUT2D eigenvalue weighted by Crippen LogP contribution is 2.11. The van der Waals surface area contributed by atoms with Gasteiger partial charge in [0.15, 0.2) is 0 Å². The first-order chi connectivity index (χ1) is 6.58. The average Bonchev–Trinajstić information content (AvgIpc) is 2.01. The van der Waals surface area contributed by atoms with Gasteiger partial charge in [-0.3, -0.25) is 0 Å². The van der Waals surface area contributed by atoms with Gasteiger partial charge in [0, 0.05) is 19.2 Å². The second-order valence-corrected chi connectivity index (χ2v) is 3.98. The van der Waals surface area contributed by atoms with E-state index in [4.69, 9.17) is 5.73 Å². The van der Waals surface area contributed by atoms with Crippen LogP contribution in [0.4, 0.5) is 11.8 Å². The van der Waals surface area contributed by atoms with Crippen molar-refractivity contribution in [1.29, 1.82) is 0 Å². The first-order valence-corrected chi connectivity index (χ1v) is 5.06. The van der Waals surface area contributed by atoms with E-state index >= 15 is 0 Å². The van der Waals surface area contributed by atoms with Crippen molar-refractivity contribution < 1.29 is 0 Å². The van der Waals surface area contributed by atoms with Gasteiger partial charge in [0.25, 0.3) is 0 Å². The summed E-state index contributed by atoms with van der Waals surface area (Å²) in [5.41, 5.74) is 5.56. The third-order valence-corrected chi connectivity index (χ3v) is 1.96. The Bertz CT molecular complexity index is 282. The average molecular weight is 260 g/mol. The molecule has 0 aliphatic heterocycles. The van der Waals surface area contributed by atoms with E-state index in [0.29, 0.717) is 16.4 Å². The summed E-state index contributed by atoms with van der Waals surface area (Å²) in [6.07, 6.45) is 0. The summed E-state index contributed by atoms with van der Waals surface area (Å²) in [5.74, 6) is 1.01. The van der Waals surface area contributed by atoms with Crippen molar-refractivity contribution in [2.75, 3.05) is 38.2 Å². The van der Waals surface area contributed by atoms with Gasteiger partial charge in [0.1, 0.15) is 10.4 Å². The standard InChI is InChI=1S/C8H14BrN5/c1-14(2)4-3-11-8-12-6(9)5-7(10)13-8/h5H,3-4H2,1-2H3,(H3,10,11,12,13). The molecule has 0 saturated heterocycles. The van der Waals surface area contributed by atoms with Crippen molar-refractivity contribution in [3.63, 3.8) is 0 Å². The SMILES string of the molecule is CN(C)CCNc1nc(N)cc(Br)n1. The molecule has 3 N–H and O–H groups in total. The van der Waals surface area contributed by atoms with Gasteiger partial charge < -0.3 is 16.0 Å². The van der Waals surface area contributed by atoms with Gasteiger partial charge in [0.2, 0.25) is 5.95 Å². The zero-order valence-electron chi connectivity index (χ0n) is 8.29. The predicted molar refractivity (Wildman–Crippen MR) is 61.2 cm³/mol. The highest BCUT2D eigenvalue weighted by atomic mass is 79.9. The molecular weight excluding hydrogens is 246 g/mol. The Labute approximate surface area is 91.8 Å². The van der Waals surface area contributed by atoms with Crippen LogP contribution in [0.2, 0.25) is 0 Å². The summed E-state index contributed by atoms with van der Waals surface area (Å²) < 4.78 is 0.692. The van der Waals surface area contributed by atoms with Crippen molar-refractivity contribution in [2.24, 2.45) is 0 Å². The fraction of sp³-hybridized carbons (Fsp3) is 0.500. The van der Waals surface area contributed by atoms with E-state index in [2.05, 4.69) is 36.1 Å². The van der Waals surface area contributed by atoms with Crippen molar-refractivity contribution >= 4 is 27.7 Å². The molecule has 0 aliphatic rings. The minimum absolute atomic E-state index is 0.458. The maximum atomic E-state index is 5.56. The van der Waals surface area contributed by atoms with Crippen LogP contribution in [-0.2, 0) is 0 Å². The third-order valence-electron chi connectivity index (χ3n) is 1.56. The molecule has 0 saturated carbocycles. The Morgan fingerprint density at radius 1 is 1.50 bits per heavy atom. The van der Waals surface area contributed by atoms with Crippen molar-refractivity contribution in [3.05, 3.63) is 10.7 Å². The van der Waals surface area contributed by atoms with Gasteiger partial charge in [-0.25, -0.2) is 4.98 Å². The van der Waals surface area contributed by atoms with E-state index < -0.39 is 0 Å². The quantitative estimate of drug-likeness (QED) is 0.783. The van der Waals surface area contributed by atoms with Crippen LogP contribution >= 0.6 is 15.9 Å². The maximum absolute atomic E-state index is 5.56. The molecule has 0 aromatic carbocycles. The molecule has 1 heterocycles. The summed E-state index contributed by atoms with van der Waals surface area (Å²) in [7, 11) is 4.02. The molecule has 1 rings (SSSR count). The van der Waals surface area contributed by atoms with Crippen LogP contribution in [0.1, 0.15) is 0 Å². The van der Waals surface area contributed by atoms with E-state index in [1.807, 2.05) is 14.1 Å². The zero-order chi connectivity index (χ0) is 10.6. The number of hydrogen-bond donors (Lipinski definition) is 2. The summed E-state index contributed by atoms with van der Waals surface area (Å²) >= 11 is 3.25. The molecule has 0 spiro atoms. The lowest BCUT2D eigenvalue weighted by molar-refractivity contribution is 0.425. The molecule has 14 heavy (non-hydrogen) atoms. The number of aromatic nitrogens is 2. The molecular formula is C8H14BrN5. The number of nitrogens with zero attached hydrogens (tertiary/aromatic N) is 3. The maximum Gasteiger partial charge on any atom is 0.225 e. The molecule has 0 unspecified atom stereocenters. The first kappa shape index (κ1) is 11.2. The summed E-state index contributed by atoms with van der Waals surface area (Å²) in [4.78, 5) is 10.2. The number of rotatable bonds is 4. The van der Waals surface area contributed by atoms with E-state index in [1.54, 1.807) is 6.07 Å². The van der Waals surface area contributed by atoms with Gasteiger partial charge in [-0.1, -0.05) is 0 Å². The van der Waals surface area contributed by atoms with E-state index in [-0.39, 0.29) is 0 Å². The van der Waals surface area contributed by atoms with Crippen LogP contribution in [0.15, 0.2) is 10.7 Å². The summed E-state index contributed by atoms with van der Waals surface area (Å²) in [5, 5.41) is 3.08. The molecule has 0 fully saturated rings. The third kappa shape index (κ3) is 3.89. The molecule has 1 aromatic heterocycles. The lowest BCUT2D eigenvalue weighted by Gasteiger charge is -2.10. The lowest BCUT2D eigenvalue weighted by atomic mass is 10.5. The lowest BCUT2D eigenvalue weighted by Crippen LogP contribution is -2.21. The Morgan fingerprint density at radius 2 is 2.21 bits per heavy atom. The number of anilines is 2. The number of halogens is 1. The van der Waals surface area contributed by atoms with Crippen LogP contribution < -0.4 is 11.1 Å². The predicted octanol–water partition coefficient (Wildman–Crippen LogP) is 0.795. The Kier molecular flexibility index (Phi) is 4.09. The number of nitrogens with two attached hydrogens (primary N) is 1. The van der Waals surface area contributed by atoms with Crippen LogP contribution in [0.25, 0.3) is 0 Å². The van der Waals surface area contributed by atoms with Gasteiger partial charge in [-0.05, 0) is 30.0 Å². The van der Waals surface area contributed by atoms with Gasteiger partial charge in [0.05, 0.1) is 0 Å². The topological polar surface area (TPSA) is 67.1 Å². The van der Waals surface area contributed by atoms with E-state index in [0.717, 1.165) is 13.1 Å². The number of hydrogen-bond acceptors (Lipinski definition) is 5. The molecule has 0 aliphatic carbocycles. The monoisotopic (exact) mass is 259 g/mol. The van der Waals surface area contributed by atoms with Crippen LogP contribution in [0, 0.1) is 0 Å². The van der Waals surface area contributed by atoms with Gasteiger partial charge >= 0.3 is 0 Å². The molecule has 0 atom stereocenters. The minimum Gasteiger partial charge on any atom is -0.383 e. The molecule has 0 amide bonds. The zero-order valence-corrected chi connectivity index (χ0v) is 9.87. The van der Waals surface area contributed by atoms with Crippen LogP contribution in [0.5, 0.6) is 0 Å². The smallest absolute Gasteiger partial charge is 0.225 e. The highest BCUT2D eigenvalue weighted by Gasteiger charge is 1.99. The fourth-order valence-electron chi connectivity index (χ4n) is 0.905. The van der Waals surface area contributed by atoms with Crippen molar-refractivity contribution in [2.45, 2.75) is 0 Å². The van der Waals surface area contributed by atoms with Crippen LogP contribution in [0.3, 0.4) is 0 Å². The highest BCUT2D eigenvalue weighted by molar-refractivity contribution is 9.10. The number of nitrogens with one attached hydrogen (secondary N) is 1. The molecule has 0 radical (unpaired) electrons. The fourth-order valence-corrected chi connectivity index (χ4v) is 1.31. The van der Waals surface area contributed by atoms with Crippen molar-refractivity contribution in [1.82, 2.24) is 14.9 Å². The molecule has 6 heteroatoms. The number of likely N-dealkylation sites (N-methyl/N-ethyl adjacent to an activating group) is 1. The van der Waals surface area contributed by atoms with Crippen molar-refractivity contribution in [3.8, 4) is 0 Å². The Hall–Kier alpha value is -0.880. The summed E-state index contributed by atoms with van der Waals surface area (Å²) in [6.45, 7) is 1.72. The first-order valence-electron chi connectivity index (χ1n) is 4.26. The van der Waals surface area contributed by atoms with E-state index in [1.165, 1.54) is 0 Å². The van der Waals surface area contributed by atoms with Gasteiger partial charge in [-0.2, -0.15) is 4.98 Å². The Morgan fingerprint density at radius 3 is 2.79 bits per heavy atom. The second-order valence-electron chi connectivity index (χ2n) is 3.17. The Balaban J connectivity index is 2.50. The summed E-state index contributed by atoms with van der Waals surface area (Å²) in [6, 6.07) is 1.66. The normalized spacial score (nSPS) is 10.6. The molecule has 1 aromatic rings. The number of nitrogen functional groups attached to an aromatic ring is 1. The molecule has 78 valence electrons. The van der Waals surface area contributed by atoms with Gasteiger partial charge in [-0.15, -0.1) is 0 Å². The minimum atomic E-state index is 0.458.